The molecule has 1 amide bonds. The van der Waals surface area contributed by atoms with Crippen LogP contribution in [0.2, 0.25) is 0 Å². The van der Waals surface area contributed by atoms with Crippen LogP contribution in [0, 0.1) is 0 Å². The molecular formula is C17H17N3O2. The van der Waals surface area contributed by atoms with Gasteiger partial charge >= 0.3 is 0 Å². The number of hydrogen-bond donors (Lipinski definition) is 1. The molecule has 0 bridgehead atoms. The van der Waals surface area contributed by atoms with E-state index in [0.29, 0.717) is 24.0 Å². The molecule has 1 aliphatic heterocycles. The van der Waals surface area contributed by atoms with Crippen molar-refractivity contribution in [3.05, 3.63) is 66.0 Å². The molecule has 1 N–H and O–H groups in total. The van der Waals surface area contributed by atoms with Crippen molar-refractivity contribution >= 4 is 11.6 Å². The van der Waals surface area contributed by atoms with Gasteiger partial charge in [-0.05, 0) is 24.6 Å². The molecule has 1 aromatic heterocycles. The smallest absolute Gasteiger partial charge is 0.276 e. The normalized spacial score (nSPS) is 20.8. The van der Waals surface area contributed by atoms with E-state index in [1.54, 1.807) is 48.8 Å². The predicted octanol–water partition coefficient (Wildman–Crippen LogP) is 2.54. The minimum absolute atomic E-state index is 0.299. The second-order valence-electron chi connectivity index (χ2n) is 5.24. The summed E-state index contributed by atoms with van der Waals surface area (Å²) in [6.45, 7) is 1.96. The van der Waals surface area contributed by atoms with Gasteiger partial charge in [-0.15, -0.1) is 0 Å². The molecule has 0 fully saturated rings. The summed E-state index contributed by atoms with van der Waals surface area (Å²) in [5.41, 5.74) is 0.361. The molecule has 2 aromatic rings. The number of hydrogen-bond acceptors (Lipinski definition) is 4. The van der Waals surface area contributed by atoms with E-state index in [1.807, 2.05) is 13.0 Å². The first-order valence-electron chi connectivity index (χ1n) is 7.24. The maximum atomic E-state index is 12.7. The SMILES string of the molecule is CCC1=NN(C(=O)c2ccccc2)[C@@](O)(c2cccnc2)C1. The summed E-state index contributed by atoms with van der Waals surface area (Å²) in [5, 5.41) is 16.6. The van der Waals surface area contributed by atoms with Gasteiger partial charge in [0.25, 0.3) is 5.91 Å². The highest BCUT2D eigenvalue weighted by atomic mass is 16.3. The molecule has 0 spiro atoms. The van der Waals surface area contributed by atoms with E-state index < -0.39 is 5.72 Å². The maximum absolute atomic E-state index is 12.7. The molecule has 1 aromatic carbocycles. The van der Waals surface area contributed by atoms with E-state index in [-0.39, 0.29) is 5.91 Å². The van der Waals surface area contributed by atoms with Crippen molar-refractivity contribution in [1.82, 2.24) is 9.99 Å². The Morgan fingerprint density at radius 1 is 1.27 bits per heavy atom. The molecular weight excluding hydrogens is 278 g/mol. The lowest BCUT2D eigenvalue weighted by molar-refractivity contribution is -0.0767. The summed E-state index contributed by atoms with van der Waals surface area (Å²) < 4.78 is 0. The molecule has 22 heavy (non-hydrogen) atoms. The molecule has 1 aliphatic rings. The molecule has 0 radical (unpaired) electrons. The summed E-state index contributed by atoms with van der Waals surface area (Å²) >= 11 is 0. The Kier molecular flexibility index (Phi) is 3.73. The Morgan fingerprint density at radius 2 is 2.05 bits per heavy atom. The van der Waals surface area contributed by atoms with Gasteiger partial charge in [0.15, 0.2) is 5.72 Å². The average Bonchev–Trinajstić information content (AvgIpc) is 2.94. The van der Waals surface area contributed by atoms with Crippen LogP contribution < -0.4 is 0 Å². The lowest BCUT2D eigenvalue weighted by atomic mass is 9.97. The first-order valence-corrected chi connectivity index (χ1v) is 7.24. The number of amides is 1. The van der Waals surface area contributed by atoms with Crippen LogP contribution >= 0.6 is 0 Å². The summed E-state index contributed by atoms with van der Waals surface area (Å²) in [5.74, 6) is -0.324. The second kappa shape index (κ2) is 5.69. The van der Waals surface area contributed by atoms with Crippen LogP contribution in [0.25, 0.3) is 0 Å². The standard InChI is InChI=1S/C17H17N3O2/c1-2-15-11-17(22,14-9-6-10-18-12-14)20(19-15)16(21)13-7-4-3-5-8-13/h3-10,12,22H,2,11H2,1H3/t17-/m0/s1. The highest BCUT2D eigenvalue weighted by Crippen LogP contribution is 2.36. The van der Waals surface area contributed by atoms with Gasteiger partial charge in [0.05, 0.1) is 0 Å². The number of rotatable bonds is 3. The molecule has 0 unspecified atom stereocenters. The van der Waals surface area contributed by atoms with E-state index in [0.717, 1.165) is 5.71 Å². The fraction of sp³-hybridized carbons (Fsp3) is 0.235. The van der Waals surface area contributed by atoms with E-state index >= 15 is 0 Å². The zero-order chi connectivity index (χ0) is 15.6. The molecule has 1 atom stereocenters. The minimum Gasteiger partial charge on any atom is -0.365 e. The van der Waals surface area contributed by atoms with Gasteiger partial charge in [-0.1, -0.05) is 31.2 Å². The summed E-state index contributed by atoms with van der Waals surface area (Å²) in [7, 11) is 0. The summed E-state index contributed by atoms with van der Waals surface area (Å²) in [4.78, 5) is 16.8. The van der Waals surface area contributed by atoms with Crippen LogP contribution in [-0.2, 0) is 5.72 Å². The Hall–Kier alpha value is -2.53. The Morgan fingerprint density at radius 3 is 2.68 bits per heavy atom. The second-order valence-corrected chi connectivity index (χ2v) is 5.24. The van der Waals surface area contributed by atoms with E-state index in [1.165, 1.54) is 5.01 Å². The number of aliphatic hydroxyl groups is 1. The van der Waals surface area contributed by atoms with Crippen LogP contribution in [0.15, 0.2) is 60.0 Å². The predicted molar refractivity (Wildman–Crippen MR) is 83.1 cm³/mol. The zero-order valence-electron chi connectivity index (χ0n) is 12.3. The molecule has 5 nitrogen and oxygen atoms in total. The minimum atomic E-state index is -1.48. The van der Waals surface area contributed by atoms with Crippen LogP contribution in [-0.4, -0.2) is 26.7 Å². The van der Waals surface area contributed by atoms with Crippen LogP contribution in [0.3, 0.4) is 0 Å². The number of pyridine rings is 1. The maximum Gasteiger partial charge on any atom is 0.276 e. The largest absolute Gasteiger partial charge is 0.365 e. The van der Waals surface area contributed by atoms with Crippen LogP contribution in [0.5, 0.6) is 0 Å². The molecule has 112 valence electrons. The fourth-order valence-electron chi connectivity index (χ4n) is 2.55. The molecule has 0 aliphatic carbocycles. The quantitative estimate of drug-likeness (QED) is 0.946. The average molecular weight is 295 g/mol. The van der Waals surface area contributed by atoms with Gasteiger partial charge in [-0.3, -0.25) is 9.78 Å². The first kappa shape index (κ1) is 14.4. The third kappa shape index (κ3) is 2.40. The summed E-state index contributed by atoms with van der Waals surface area (Å²) in [6, 6.07) is 12.3. The Balaban J connectivity index is 2.02. The third-order valence-corrected chi connectivity index (χ3v) is 3.79. The highest BCUT2D eigenvalue weighted by Gasteiger charge is 2.45. The highest BCUT2D eigenvalue weighted by molar-refractivity contribution is 5.98. The van der Waals surface area contributed by atoms with Crippen molar-refractivity contribution in [3.63, 3.8) is 0 Å². The molecule has 0 saturated heterocycles. The number of nitrogens with zero attached hydrogens (tertiary/aromatic N) is 3. The van der Waals surface area contributed by atoms with Gasteiger partial charge in [-0.2, -0.15) is 10.1 Å². The van der Waals surface area contributed by atoms with Gasteiger partial charge in [0.2, 0.25) is 0 Å². The molecule has 2 heterocycles. The van der Waals surface area contributed by atoms with E-state index in [9.17, 15) is 9.90 Å². The first-order chi connectivity index (χ1) is 10.6. The lowest BCUT2D eigenvalue weighted by Crippen LogP contribution is -2.43. The number of aromatic nitrogens is 1. The van der Waals surface area contributed by atoms with Crippen molar-refractivity contribution in [3.8, 4) is 0 Å². The zero-order valence-corrected chi connectivity index (χ0v) is 12.3. The van der Waals surface area contributed by atoms with Crippen molar-refractivity contribution in [2.75, 3.05) is 0 Å². The molecule has 3 rings (SSSR count). The number of carbonyl (C=O) groups is 1. The van der Waals surface area contributed by atoms with Crippen molar-refractivity contribution in [2.45, 2.75) is 25.5 Å². The topological polar surface area (TPSA) is 65.8 Å². The van der Waals surface area contributed by atoms with Crippen LogP contribution in [0.4, 0.5) is 0 Å². The van der Waals surface area contributed by atoms with Gasteiger partial charge in [0.1, 0.15) is 0 Å². The number of hydrazone groups is 1. The summed E-state index contributed by atoms with van der Waals surface area (Å²) in [6.07, 6.45) is 4.18. The number of benzene rings is 1. The van der Waals surface area contributed by atoms with Crippen molar-refractivity contribution in [2.24, 2.45) is 5.10 Å². The monoisotopic (exact) mass is 295 g/mol. The fourth-order valence-corrected chi connectivity index (χ4v) is 2.55. The molecule has 5 heteroatoms. The van der Waals surface area contributed by atoms with E-state index in [2.05, 4.69) is 10.1 Å². The molecule has 0 saturated carbocycles. The Bertz CT molecular complexity index is 700. The Labute approximate surface area is 128 Å². The van der Waals surface area contributed by atoms with Gasteiger partial charge in [0, 0.05) is 35.7 Å². The lowest BCUT2D eigenvalue weighted by Gasteiger charge is -2.31. The third-order valence-electron chi connectivity index (χ3n) is 3.79. The number of carbonyl (C=O) groups excluding carboxylic acids is 1. The van der Waals surface area contributed by atoms with Gasteiger partial charge in [-0.25, -0.2) is 0 Å². The van der Waals surface area contributed by atoms with E-state index in [4.69, 9.17) is 0 Å². The van der Waals surface area contributed by atoms with Crippen molar-refractivity contribution < 1.29 is 9.90 Å². The van der Waals surface area contributed by atoms with Crippen molar-refractivity contribution in [1.29, 1.82) is 0 Å². The van der Waals surface area contributed by atoms with Crippen LogP contribution in [0.1, 0.15) is 35.7 Å². The van der Waals surface area contributed by atoms with Gasteiger partial charge < -0.3 is 5.11 Å².